The zero-order valence-electron chi connectivity index (χ0n) is 6.28. The first kappa shape index (κ1) is 10.4. The number of hydrogen-bond acceptors (Lipinski definition) is 3. The molecule has 5 heteroatoms. The van der Waals surface area contributed by atoms with Crippen molar-refractivity contribution in [1.29, 1.82) is 0 Å². The maximum Gasteiger partial charge on any atom is 0.264 e. The second-order valence-electron chi connectivity index (χ2n) is 2.15. The molecule has 11 heavy (non-hydrogen) atoms. The summed E-state index contributed by atoms with van der Waals surface area (Å²) in [6.45, 7) is 4.12. The molecule has 0 heterocycles. The molecule has 0 unspecified atom stereocenters. The predicted molar refractivity (Wildman–Crippen MR) is 43.8 cm³/mol. The maximum atomic E-state index is 10.2. The van der Waals surface area contributed by atoms with Gasteiger partial charge in [0, 0.05) is 6.54 Å². The van der Waals surface area contributed by atoms with E-state index in [0.717, 1.165) is 0 Å². The van der Waals surface area contributed by atoms with E-state index in [9.17, 15) is 8.42 Å². The molecule has 0 saturated heterocycles. The standard InChI is InChI=1S/C6H13NO3S/c1-2-7-5-3-4-6-11(8,9)10/h2,7H,1,3-6H2,(H,8,9,10). The summed E-state index contributed by atoms with van der Waals surface area (Å²) in [6.07, 6.45) is 2.74. The SMILES string of the molecule is C=CNCCCCS(=O)(=O)O. The van der Waals surface area contributed by atoms with Crippen LogP contribution in [-0.4, -0.2) is 25.3 Å². The van der Waals surface area contributed by atoms with E-state index in [-0.39, 0.29) is 5.75 Å². The van der Waals surface area contributed by atoms with Crippen LogP contribution in [0.15, 0.2) is 12.8 Å². The molecule has 0 atom stereocenters. The van der Waals surface area contributed by atoms with Gasteiger partial charge in [0.1, 0.15) is 0 Å². The lowest BCUT2D eigenvalue weighted by atomic mass is 10.3. The summed E-state index contributed by atoms with van der Waals surface area (Å²) in [5, 5.41) is 2.82. The summed E-state index contributed by atoms with van der Waals surface area (Å²) in [5.74, 6) is -0.161. The van der Waals surface area contributed by atoms with Crippen molar-refractivity contribution < 1.29 is 13.0 Å². The Morgan fingerprint density at radius 3 is 2.55 bits per heavy atom. The smallest absolute Gasteiger partial charge is 0.264 e. The Balaban J connectivity index is 3.22. The quantitative estimate of drug-likeness (QED) is 0.457. The lowest BCUT2D eigenvalue weighted by Gasteiger charge is -1.98. The summed E-state index contributed by atoms with van der Waals surface area (Å²) in [5.41, 5.74) is 0. The van der Waals surface area contributed by atoms with Crippen LogP contribution in [0.4, 0.5) is 0 Å². The summed E-state index contributed by atoms with van der Waals surface area (Å²) in [6, 6.07) is 0. The monoisotopic (exact) mass is 179 g/mol. The average Bonchev–Trinajstić information content (AvgIpc) is 1.85. The van der Waals surface area contributed by atoms with E-state index in [1.54, 1.807) is 6.20 Å². The molecule has 0 saturated carbocycles. The van der Waals surface area contributed by atoms with E-state index in [1.165, 1.54) is 0 Å². The topological polar surface area (TPSA) is 66.4 Å². The molecule has 4 nitrogen and oxygen atoms in total. The Bertz CT molecular complexity index is 198. The molecule has 0 aliphatic heterocycles. The van der Waals surface area contributed by atoms with Gasteiger partial charge in [-0.3, -0.25) is 4.55 Å². The van der Waals surface area contributed by atoms with Gasteiger partial charge in [-0.1, -0.05) is 6.58 Å². The lowest BCUT2D eigenvalue weighted by Crippen LogP contribution is -2.09. The van der Waals surface area contributed by atoms with E-state index >= 15 is 0 Å². The molecule has 0 aliphatic rings. The third-order valence-corrected chi connectivity index (χ3v) is 1.92. The molecule has 0 rings (SSSR count). The maximum absolute atomic E-state index is 10.2. The fourth-order valence-corrected chi connectivity index (χ4v) is 1.18. The minimum Gasteiger partial charge on any atom is -0.391 e. The Morgan fingerprint density at radius 2 is 2.09 bits per heavy atom. The van der Waals surface area contributed by atoms with Crippen LogP contribution in [0.1, 0.15) is 12.8 Å². The first-order chi connectivity index (χ1) is 5.06. The first-order valence-corrected chi connectivity index (χ1v) is 4.96. The number of hydrogen-bond donors (Lipinski definition) is 2. The van der Waals surface area contributed by atoms with Gasteiger partial charge in [0.2, 0.25) is 0 Å². The largest absolute Gasteiger partial charge is 0.391 e. The molecule has 0 fully saturated rings. The minimum atomic E-state index is -3.76. The van der Waals surface area contributed by atoms with Crippen molar-refractivity contribution in [2.24, 2.45) is 0 Å². The van der Waals surface area contributed by atoms with Gasteiger partial charge >= 0.3 is 0 Å². The van der Waals surface area contributed by atoms with Gasteiger partial charge in [-0.25, -0.2) is 0 Å². The third kappa shape index (κ3) is 9.45. The van der Waals surface area contributed by atoms with Gasteiger partial charge in [0.05, 0.1) is 5.75 Å². The van der Waals surface area contributed by atoms with Crippen molar-refractivity contribution in [2.75, 3.05) is 12.3 Å². The van der Waals surface area contributed by atoms with Crippen LogP contribution >= 0.6 is 0 Å². The fourth-order valence-electron chi connectivity index (χ4n) is 0.614. The van der Waals surface area contributed by atoms with E-state index in [2.05, 4.69) is 11.9 Å². The molecule has 0 bridgehead atoms. The number of nitrogens with one attached hydrogen (secondary N) is 1. The lowest BCUT2D eigenvalue weighted by molar-refractivity contribution is 0.480. The van der Waals surface area contributed by atoms with Gasteiger partial charge in [-0.2, -0.15) is 8.42 Å². The van der Waals surface area contributed by atoms with Crippen LogP contribution in [-0.2, 0) is 10.1 Å². The van der Waals surface area contributed by atoms with Crippen LogP contribution in [0, 0.1) is 0 Å². The molecule has 0 aromatic carbocycles. The van der Waals surface area contributed by atoms with Crippen LogP contribution in [0.25, 0.3) is 0 Å². The van der Waals surface area contributed by atoms with Crippen molar-refractivity contribution in [3.05, 3.63) is 12.8 Å². The van der Waals surface area contributed by atoms with Gasteiger partial charge < -0.3 is 5.32 Å². The highest BCUT2D eigenvalue weighted by molar-refractivity contribution is 7.85. The highest BCUT2D eigenvalue weighted by Crippen LogP contribution is 1.91. The second kappa shape index (κ2) is 5.15. The Morgan fingerprint density at radius 1 is 1.45 bits per heavy atom. The van der Waals surface area contributed by atoms with Crippen LogP contribution < -0.4 is 5.32 Å². The highest BCUT2D eigenvalue weighted by atomic mass is 32.2. The molecular formula is C6H13NO3S. The molecular weight excluding hydrogens is 166 g/mol. The normalized spacial score (nSPS) is 11.0. The second-order valence-corrected chi connectivity index (χ2v) is 3.72. The van der Waals surface area contributed by atoms with E-state index in [4.69, 9.17) is 4.55 Å². The van der Waals surface area contributed by atoms with Crippen molar-refractivity contribution in [1.82, 2.24) is 5.32 Å². The predicted octanol–water partition coefficient (Wildman–Crippen LogP) is 0.387. The van der Waals surface area contributed by atoms with Gasteiger partial charge in [-0.15, -0.1) is 0 Å². The van der Waals surface area contributed by atoms with Crippen LogP contribution in [0.5, 0.6) is 0 Å². The summed E-state index contributed by atoms with van der Waals surface area (Å²) in [4.78, 5) is 0. The Kier molecular flexibility index (Phi) is 4.89. The molecule has 66 valence electrons. The third-order valence-electron chi connectivity index (χ3n) is 1.12. The summed E-state index contributed by atoms with van der Waals surface area (Å²) < 4.78 is 28.7. The number of rotatable bonds is 6. The van der Waals surface area contributed by atoms with Gasteiger partial charge in [0.25, 0.3) is 10.1 Å². The van der Waals surface area contributed by atoms with Crippen molar-refractivity contribution in [2.45, 2.75) is 12.8 Å². The summed E-state index contributed by atoms with van der Waals surface area (Å²) in [7, 11) is -3.76. The highest BCUT2D eigenvalue weighted by Gasteiger charge is 2.01. The Labute approximate surface area is 67.1 Å². The average molecular weight is 179 g/mol. The van der Waals surface area contributed by atoms with Gasteiger partial charge in [-0.05, 0) is 19.0 Å². The van der Waals surface area contributed by atoms with Crippen molar-refractivity contribution >= 4 is 10.1 Å². The first-order valence-electron chi connectivity index (χ1n) is 3.36. The van der Waals surface area contributed by atoms with Crippen molar-refractivity contribution in [3.8, 4) is 0 Å². The molecule has 2 N–H and O–H groups in total. The zero-order chi connectivity index (χ0) is 8.74. The Hall–Kier alpha value is -0.550. The molecule has 0 aliphatic carbocycles. The fraction of sp³-hybridized carbons (Fsp3) is 0.667. The zero-order valence-corrected chi connectivity index (χ0v) is 7.10. The van der Waals surface area contributed by atoms with E-state index in [0.29, 0.717) is 19.4 Å². The van der Waals surface area contributed by atoms with Crippen molar-refractivity contribution in [3.63, 3.8) is 0 Å². The molecule has 0 spiro atoms. The van der Waals surface area contributed by atoms with E-state index < -0.39 is 10.1 Å². The molecule has 0 aromatic heterocycles. The van der Waals surface area contributed by atoms with Crippen LogP contribution in [0.2, 0.25) is 0 Å². The summed E-state index contributed by atoms with van der Waals surface area (Å²) >= 11 is 0. The molecule has 0 amide bonds. The van der Waals surface area contributed by atoms with Crippen LogP contribution in [0.3, 0.4) is 0 Å². The van der Waals surface area contributed by atoms with E-state index in [1.807, 2.05) is 0 Å². The molecule has 0 aromatic rings. The minimum absolute atomic E-state index is 0.161. The number of unbranched alkanes of at least 4 members (excludes halogenated alkanes) is 1. The van der Waals surface area contributed by atoms with Gasteiger partial charge in [0.15, 0.2) is 0 Å². The molecule has 0 radical (unpaired) electrons.